The lowest BCUT2D eigenvalue weighted by molar-refractivity contribution is 0.171. The zero-order valence-corrected chi connectivity index (χ0v) is 14.3. The van der Waals surface area contributed by atoms with E-state index in [0.29, 0.717) is 31.3 Å². The summed E-state index contributed by atoms with van der Waals surface area (Å²) < 4.78 is 40.9. The standard InChI is InChI=1S/C17H20N2O4S/c1-18-8-2-3-14(18)12-19(13-4-5-13)24(20,21)15-6-7-16-17(11-15)23-10-9-22-16/h2-3,6-8,11,13H,4-5,9-10,12H2,1H3. The predicted molar refractivity (Wildman–Crippen MR) is 88.6 cm³/mol. The Bertz CT molecular complexity index is 855. The molecule has 0 radical (unpaired) electrons. The Morgan fingerprint density at radius 3 is 2.58 bits per heavy atom. The molecule has 7 heteroatoms. The number of nitrogens with zero attached hydrogens (tertiary/aromatic N) is 2. The van der Waals surface area contributed by atoms with Crippen molar-refractivity contribution in [2.24, 2.45) is 7.05 Å². The van der Waals surface area contributed by atoms with E-state index in [1.807, 2.05) is 29.9 Å². The molecule has 1 aliphatic carbocycles. The molecule has 24 heavy (non-hydrogen) atoms. The Labute approximate surface area is 141 Å². The van der Waals surface area contributed by atoms with Crippen LogP contribution in [0.25, 0.3) is 0 Å². The van der Waals surface area contributed by atoms with Gasteiger partial charge in [0, 0.05) is 31.0 Å². The first-order valence-corrected chi connectivity index (χ1v) is 9.51. The Morgan fingerprint density at radius 1 is 1.17 bits per heavy atom. The molecule has 0 spiro atoms. The lowest BCUT2D eigenvalue weighted by atomic mass is 10.3. The third kappa shape index (κ3) is 2.78. The quantitative estimate of drug-likeness (QED) is 0.831. The van der Waals surface area contributed by atoms with Crippen LogP contribution in [0.15, 0.2) is 41.4 Å². The summed E-state index contributed by atoms with van der Waals surface area (Å²) in [5, 5.41) is 0. The summed E-state index contributed by atoms with van der Waals surface area (Å²) in [6.45, 7) is 1.30. The van der Waals surface area contributed by atoms with Crippen LogP contribution in [-0.2, 0) is 23.6 Å². The molecule has 0 saturated heterocycles. The Balaban J connectivity index is 1.67. The first-order valence-electron chi connectivity index (χ1n) is 8.07. The summed E-state index contributed by atoms with van der Waals surface area (Å²) in [7, 11) is -1.65. The van der Waals surface area contributed by atoms with Crippen LogP contribution in [-0.4, -0.2) is 36.5 Å². The van der Waals surface area contributed by atoms with Crippen molar-refractivity contribution in [2.45, 2.75) is 30.3 Å². The van der Waals surface area contributed by atoms with Crippen molar-refractivity contribution in [3.8, 4) is 11.5 Å². The lowest BCUT2D eigenvalue weighted by Crippen LogP contribution is -2.33. The molecule has 1 aliphatic heterocycles. The lowest BCUT2D eigenvalue weighted by Gasteiger charge is -2.24. The number of aromatic nitrogens is 1. The maximum Gasteiger partial charge on any atom is 0.243 e. The van der Waals surface area contributed by atoms with Gasteiger partial charge in [-0.1, -0.05) is 0 Å². The smallest absolute Gasteiger partial charge is 0.243 e. The maximum atomic E-state index is 13.2. The molecule has 6 nitrogen and oxygen atoms in total. The number of hydrogen-bond acceptors (Lipinski definition) is 4. The van der Waals surface area contributed by atoms with Crippen LogP contribution in [0.2, 0.25) is 0 Å². The molecule has 2 aliphatic rings. The first-order chi connectivity index (χ1) is 11.6. The minimum Gasteiger partial charge on any atom is -0.486 e. The molecule has 0 atom stereocenters. The van der Waals surface area contributed by atoms with E-state index in [4.69, 9.17) is 9.47 Å². The monoisotopic (exact) mass is 348 g/mol. The normalized spacial score (nSPS) is 17.2. The summed E-state index contributed by atoms with van der Waals surface area (Å²) in [4.78, 5) is 0.257. The Hall–Kier alpha value is -1.99. The van der Waals surface area contributed by atoms with Crippen LogP contribution in [0, 0.1) is 0 Å². The second kappa shape index (κ2) is 5.82. The highest BCUT2D eigenvalue weighted by atomic mass is 32.2. The molecular formula is C17H20N2O4S. The summed E-state index contributed by atoms with van der Waals surface area (Å²) in [5.74, 6) is 1.09. The van der Waals surface area contributed by atoms with Crippen molar-refractivity contribution in [2.75, 3.05) is 13.2 Å². The average molecular weight is 348 g/mol. The topological polar surface area (TPSA) is 60.8 Å². The zero-order chi connectivity index (χ0) is 16.7. The second-order valence-electron chi connectivity index (χ2n) is 6.20. The van der Waals surface area contributed by atoms with Gasteiger partial charge >= 0.3 is 0 Å². The van der Waals surface area contributed by atoms with Gasteiger partial charge in [-0.25, -0.2) is 8.42 Å². The van der Waals surface area contributed by atoms with E-state index in [1.165, 1.54) is 0 Å². The van der Waals surface area contributed by atoms with Crippen molar-refractivity contribution >= 4 is 10.0 Å². The van der Waals surface area contributed by atoms with Crippen molar-refractivity contribution in [1.29, 1.82) is 0 Å². The molecule has 0 N–H and O–H groups in total. The number of benzene rings is 1. The van der Waals surface area contributed by atoms with Gasteiger partial charge in [0.25, 0.3) is 0 Å². The Morgan fingerprint density at radius 2 is 1.92 bits per heavy atom. The first kappa shape index (κ1) is 15.5. The number of aryl methyl sites for hydroxylation is 1. The van der Waals surface area contributed by atoms with E-state index < -0.39 is 10.0 Å². The number of fused-ring (bicyclic) bond motifs is 1. The number of rotatable bonds is 5. The molecule has 1 saturated carbocycles. The third-order valence-electron chi connectivity index (χ3n) is 4.44. The van der Waals surface area contributed by atoms with Gasteiger partial charge in [-0.15, -0.1) is 0 Å². The van der Waals surface area contributed by atoms with E-state index in [2.05, 4.69) is 0 Å². The fourth-order valence-corrected chi connectivity index (χ4v) is 4.59. The second-order valence-corrected chi connectivity index (χ2v) is 8.09. The summed E-state index contributed by atoms with van der Waals surface area (Å²) in [6, 6.07) is 8.81. The van der Waals surface area contributed by atoms with Crippen molar-refractivity contribution in [3.63, 3.8) is 0 Å². The van der Waals surface area contributed by atoms with E-state index in [1.54, 1.807) is 22.5 Å². The third-order valence-corrected chi connectivity index (χ3v) is 6.34. The van der Waals surface area contributed by atoms with E-state index in [9.17, 15) is 8.42 Å². The molecule has 0 amide bonds. The molecule has 0 bridgehead atoms. The van der Waals surface area contributed by atoms with Gasteiger partial charge in [0.1, 0.15) is 13.2 Å². The van der Waals surface area contributed by atoms with Gasteiger partial charge in [0.15, 0.2) is 11.5 Å². The molecule has 1 aromatic carbocycles. The molecule has 128 valence electrons. The number of sulfonamides is 1. The van der Waals surface area contributed by atoms with Crippen LogP contribution in [0.3, 0.4) is 0 Å². The van der Waals surface area contributed by atoms with Crippen LogP contribution in [0.1, 0.15) is 18.5 Å². The van der Waals surface area contributed by atoms with Crippen molar-refractivity contribution in [3.05, 3.63) is 42.2 Å². The highest BCUT2D eigenvalue weighted by molar-refractivity contribution is 7.89. The fraction of sp³-hybridized carbons (Fsp3) is 0.412. The molecule has 1 fully saturated rings. The van der Waals surface area contributed by atoms with Gasteiger partial charge in [0.05, 0.1) is 11.4 Å². The van der Waals surface area contributed by atoms with E-state index in [0.717, 1.165) is 18.5 Å². The van der Waals surface area contributed by atoms with Crippen molar-refractivity contribution < 1.29 is 17.9 Å². The van der Waals surface area contributed by atoms with E-state index >= 15 is 0 Å². The van der Waals surface area contributed by atoms with Gasteiger partial charge < -0.3 is 14.0 Å². The van der Waals surface area contributed by atoms with E-state index in [-0.39, 0.29) is 10.9 Å². The molecule has 2 aromatic rings. The molecule has 2 heterocycles. The fourth-order valence-electron chi connectivity index (χ4n) is 2.91. The van der Waals surface area contributed by atoms with Gasteiger partial charge in [-0.3, -0.25) is 0 Å². The highest BCUT2D eigenvalue weighted by Crippen LogP contribution is 2.37. The zero-order valence-electron chi connectivity index (χ0n) is 13.5. The molecule has 1 aromatic heterocycles. The van der Waals surface area contributed by atoms with Gasteiger partial charge in [-0.05, 0) is 37.1 Å². The largest absolute Gasteiger partial charge is 0.486 e. The molecule has 0 unspecified atom stereocenters. The molecular weight excluding hydrogens is 328 g/mol. The Kier molecular flexibility index (Phi) is 3.77. The van der Waals surface area contributed by atoms with Crippen molar-refractivity contribution in [1.82, 2.24) is 8.87 Å². The van der Waals surface area contributed by atoms with Crippen LogP contribution >= 0.6 is 0 Å². The number of hydrogen-bond donors (Lipinski definition) is 0. The van der Waals surface area contributed by atoms with Crippen LogP contribution in [0.5, 0.6) is 11.5 Å². The summed E-state index contributed by atoms with van der Waals surface area (Å²) >= 11 is 0. The highest BCUT2D eigenvalue weighted by Gasteiger charge is 2.38. The van der Waals surface area contributed by atoms with Gasteiger partial charge in [0.2, 0.25) is 10.0 Å². The minimum absolute atomic E-state index is 0.0816. The minimum atomic E-state index is -3.58. The predicted octanol–water partition coefficient (Wildman–Crippen LogP) is 2.15. The van der Waals surface area contributed by atoms with Gasteiger partial charge in [-0.2, -0.15) is 4.31 Å². The average Bonchev–Trinajstić information content (AvgIpc) is 3.34. The summed E-state index contributed by atoms with van der Waals surface area (Å²) in [6.07, 6.45) is 3.75. The van der Waals surface area contributed by atoms with Crippen LogP contribution in [0.4, 0.5) is 0 Å². The SMILES string of the molecule is Cn1cccc1CN(C1CC1)S(=O)(=O)c1ccc2c(c1)OCCO2. The maximum absolute atomic E-state index is 13.2. The molecule has 4 rings (SSSR count). The number of ether oxygens (including phenoxy) is 2. The summed E-state index contributed by atoms with van der Waals surface area (Å²) in [5.41, 5.74) is 0.975. The van der Waals surface area contributed by atoms with Crippen LogP contribution < -0.4 is 9.47 Å².